The van der Waals surface area contributed by atoms with Crippen LogP contribution in [0, 0.1) is 11.3 Å². The molecule has 0 aliphatic carbocycles. The summed E-state index contributed by atoms with van der Waals surface area (Å²) in [5.74, 6) is 1.72. The first-order valence-electron chi connectivity index (χ1n) is 13.5. The maximum absolute atomic E-state index is 13.2. The van der Waals surface area contributed by atoms with Crippen LogP contribution in [0.5, 0.6) is 5.75 Å². The van der Waals surface area contributed by atoms with Crippen molar-refractivity contribution in [3.63, 3.8) is 0 Å². The van der Waals surface area contributed by atoms with Crippen LogP contribution < -0.4 is 9.64 Å². The van der Waals surface area contributed by atoms with Crippen molar-refractivity contribution in [1.29, 1.82) is 0 Å². The molecule has 5 nitrogen and oxygen atoms in total. The Labute approximate surface area is 212 Å². The van der Waals surface area contributed by atoms with Gasteiger partial charge in [0.05, 0.1) is 6.61 Å². The molecule has 1 amide bonds. The molecule has 2 aromatic rings. The van der Waals surface area contributed by atoms with Gasteiger partial charge in [-0.15, -0.1) is 0 Å². The van der Waals surface area contributed by atoms with Crippen LogP contribution in [0.3, 0.4) is 0 Å². The van der Waals surface area contributed by atoms with Crippen LogP contribution in [0.25, 0.3) is 0 Å². The van der Waals surface area contributed by atoms with Gasteiger partial charge < -0.3 is 14.5 Å². The fourth-order valence-electron chi connectivity index (χ4n) is 5.61. The topological polar surface area (TPSA) is 36.0 Å². The molecule has 0 N–H and O–H groups in total. The van der Waals surface area contributed by atoms with Gasteiger partial charge in [0.15, 0.2) is 0 Å². The number of ether oxygens (including phenoxy) is 1. The maximum atomic E-state index is 13.2. The highest BCUT2D eigenvalue weighted by Gasteiger charge is 2.41. The highest BCUT2D eigenvalue weighted by Crippen LogP contribution is 2.41. The van der Waals surface area contributed by atoms with Crippen molar-refractivity contribution in [2.75, 3.05) is 50.8 Å². The third kappa shape index (κ3) is 6.19. The molecule has 4 rings (SSSR count). The van der Waals surface area contributed by atoms with Crippen molar-refractivity contribution in [3.05, 3.63) is 59.7 Å². The fourth-order valence-corrected chi connectivity index (χ4v) is 5.61. The minimum atomic E-state index is 0.178. The highest BCUT2D eigenvalue weighted by molar-refractivity contribution is 5.94. The van der Waals surface area contributed by atoms with E-state index in [4.69, 9.17) is 4.74 Å². The summed E-state index contributed by atoms with van der Waals surface area (Å²) in [4.78, 5) is 20.1. The van der Waals surface area contributed by atoms with Gasteiger partial charge in [0, 0.05) is 56.1 Å². The molecule has 2 aliphatic heterocycles. The van der Waals surface area contributed by atoms with E-state index in [-0.39, 0.29) is 5.91 Å². The molecule has 35 heavy (non-hydrogen) atoms. The normalized spacial score (nSPS) is 17.8. The number of piperidine rings is 1. The summed E-state index contributed by atoms with van der Waals surface area (Å²) in [5, 5.41) is 0. The van der Waals surface area contributed by atoms with Crippen LogP contribution in [0.2, 0.25) is 0 Å². The monoisotopic (exact) mass is 477 g/mol. The first-order valence-corrected chi connectivity index (χ1v) is 13.5. The van der Waals surface area contributed by atoms with Gasteiger partial charge in [-0.2, -0.15) is 0 Å². The fraction of sp³-hybridized carbons (Fsp3) is 0.567. The number of para-hydroxylation sites is 1. The van der Waals surface area contributed by atoms with Crippen LogP contribution in [-0.2, 0) is 6.54 Å². The zero-order valence-electron chi connectivity index (χ0n) is 22.1. The lowest BCUT2D eigenvalue weighted by Crippen LogP contribution is -2.44. The van der Waals surface area contributed by atoms with Crippen molar-refractivity contribution in [3.8, 4) is 5.75 Å². The Morgan fingerprint density at radius 2 is 1.63 bits per heavy atom. The summed E-state index contributed by atoms with van der Waals surface area (Å²) < 4.78 is 6.09. The minimum absolute atomic E-state index is 0.178. The Kier molecular flexibility index (Phi) is 8.38. The Hall–Kier alpha value is -2.53. The van der Waals surface area contributed by atoms with Crippen LogP contribution >= 0.6 is 0 Å². The molecule has 2 fully saturated rings. The van der Waals surface area contributed by atoms with Crippen molar-refractivity contribution >= 4 is 11.6 Å². The smallest absolute Gasteiger partial charge is 0.253 e. The van der Waals surface area contributed by atoms with E-state index in [1.165, 1.54) is 17.7 Å². The van der Waals surface area contributed by atoms with E-state index in [2.05, 4.69) is 78.8 Å². The number of likely N-dealkylation sites (tertiary alicyclic amines) is 2. The molecule has 0 saturated carbocycles. The van der Waals surface area contributed by atoms with E-state index >= 15 is 0 Å². The Bertz CT molecular complexity index is 960. The maximum Gasteiger partial charge on any atom is 0.253 e. The number of carbonyl (C=O) groups is 1. The molecule has 190 valence electrons. The highest BCUT2D eigenvalue weighted by atomic mass is 16.5. The van der Waals surface area contributed by atoms with Gasteiger partial charge in [-0.1, -0.05) is 32.0 Å². The lowest BCUT2D eigenvalue weighted by atomic mass is 9.77. The van der Waals surface area contributed by atoms with Gasteiger partial charge in [0.25, 0.3) is 5.91 Å². The number of hydrogen-bond acceptors (Lipinski definition) is 4. The average Bonchev–Trinajstić information content (AvgIpc) is 3.26. The van der Waals surface area contributed by atoms with E-state index in [0.29, 0.717) is 11.3 Å². The SMILES string of the molecule is CCN(CC)c1ccc(C(=O)N2CCC3(CCN(Cc4ccccc4OCC(C)C)C3)CC2)cc1. The van der Waals surface area contributed by atoms with Gasteiger partial charge in [0.2, 0.25) is 0 Å². The van der Waals surface area contributed by atoms with Gasteiger partial charge in [0.1, 0.15) is 5.75 Å². The van der Waals surface area contributed by atoms with Crippen molar-refractivity contribution in [2.24, 2.45) is 11.3 Å². The quantitative estimate of drug-likeness (QED) is 0.464. The predicted octanol–water partition coefficient (Wildman–Crippen LogP) is 5.70. The molecular weight excluding hydrogens is 434 g/mol. The molecule has 0 radical (unpaired) electrons. The summed E-state index contributed by atoms with van der Waals surface area (Å²) in [5.41, 5.74) is 3.62. The van der Waals surface area contributed by atoms with Crippen molar-refractivity contribution in [1.82, 2.24) is 9.80 Å². The third-order valence-corrected chi connectivity index (χ3v) is 7.81. The molecule has 0 aromatic heterocycles. The number of rotatable bonds is 9. The summed E-state index contributed by atoms with van der Waals surface area (Å²) >= 11 is 0. The Balaban J connectivity index is 1.31. The largest absolute Gasteiger partial charge is 0.493 e. The number of nitrogens with zero attached hydrogens (tertiary/aromatic N) is 3. The lowest BCUT2D eigenvalue weighted by Gasteiger charge is -2.39. The number of carbonyl (C=O) groups excluding carboxylic acids is 1. The molecule has 1 spiro atoms. The second kappa shape index (κ2) is 11.5. The summed E-state index contributed by atoms with van der Waals surface area (Å²) in [6.45, 7) is 16.3. The van der Waals surface area contributed by atoms with Gasteiger partial charge in [-0.25, -0.2) is 0 Å². The van der Waals surface area contributed by atoms with E-state index in [1.54, 1.807) is 0 Å². The molecular formula is C30H43N3O2. The first kappa shape index (κ1) is 25.6. The number of amides is 1. The third-order valence-electron chi connectivity index (χ3n) is 7.81. The molecule has 2 heterocycles. The molecule has 0 bridgehead atoms. The standard InChI is InChI=1S/C30H43N3O2/c1-5-32(6-2)27-13-11-25(12-14-27)29(34)33-19-16-30(17-20-33)15-18-31(23-30)21-26-9-7-8-10-28(26)35-22-24(3)4/h7-14,24H,5-6,15-23H2,1-4H3. The van der Waals surface area contributed by atoms with Crippen LogP contribution in [0.4, 0.5) is 5.69 Å². The van der Waals surface area contributed by atoms with Crippen molar-refractivity contribution < 1.29 is 9.53 Å². The Morgan fingerprint density at radius 3 is 2.29 bits per heavy atom. The summed E-state index contributed by atoms with van der Waals surface area (Å²) in [7, 11) is 0. The van der Waals surface area contributed by atoms with Crippen LogP contribution in [-0.4, -0.2) is 61.6 Å². The number of anilines is 1. The van der Waals surface area contributed by atoms with E-state index in [0.717, 1.165) is 76.6 Å². The predicted molar refractivity (Wildman–Crippen MR) is 144 cm³/mol. The van der Waals surface area contributed by atoms with E-state index in [1.807, 2.05) is 12.1 Å². The summed E-state index contributed by atoms with van der Waals surface area (Å²) in [6.07, 6.45) is 3.42. The van der Waals surface area contributed by atoms with E-state index < -0.39 is 0 Å². The minimum Gasteiger partial charge on any atom is -0.493 e. The lowest BCUT2D eigenvalue weighted by molar-refractivity contribution is 0.0587. The zero-order chi connectivity index (χ0) is 24.8. The zero-order valence-corrected chi connectivity index (χ0v) is 22.1. The molecule has 2 saturated heterocycles. The number of hydrogen-bond donors (Lipinski definition) is 0. The van der Waals surface area contributed by atoms with Gasteiger partial charge in [-0.3, -0.25) is 9.69 Å². The van der Waals surface area contributed by atoms with Crippen molar-refractivity contribution in [2.45, 2.75) is 53.5 Å². The van der Waals surface area contributed by atoms with Gasteiger partial charge >= 0.3 is 0 Å². The van der Waals surface area contributed by atoms with Gasteiger partial charge in [-0.05, 0) is 81.3 Å². The summed E-state index contributed by atoms with van der Waals surface area (Å²) in [6, 6.07) is 16.6. The molecule has 5 heteroatoms. The Morgan fingerprint density at radius 1 is 0.971 bits per heavy atom. The second-order valence-corrected chi connectivity index (χ2v) is 10.8. The molecule has 2 aromatic carbocycles. The number of benzene rings is 2. The average molecular weight is 478 g/mol. The first-order chi connectivity index (χ1) is 16.9. The van der Waals surface area contributed by atoms with E-state index in [9.17, 15) is 4.79 Å². The molecule has 2 aliphatic rings. The molecule has 0 unspecified atom stereocenters. The van der Waals surface area contributed by atoms with Crippen LogP contribution in [0.15, 0.2) is 48.5 Å². The molecule has 0 atom stereocenters. The van der Waals surface area contributed by atoms with Crippen LogP contribution in [0.1, 0.15) is 62.9 Å². The second-order valence-electron chi connectivity index (χ2n) is 10.8.